The number of hydrogen-bond acceptors (Lipinski definition) is 2. The molecule has 4 N–H and O–H groups in total. The standard InChI is InChI=1S/C13H18ClN3O2/c1-3-8(2)11(17-13(15)19)12(18)16-10-6-4-9(14)5-7-10/h4-8,11H,3H2,1-2H3,(H,16,18)(H3,15,17,19)/t8-,11+/m1/s1. The molecule has 0 unspecified atom stereocenters. The van der Waals surface area contributed by atoms with E-state index in [-0.39, 0.29) is 11.8 Å². The average molecular weight is 284 g/mol. The lowest BCUT2D eigenvalue weighted by atomic mass is 9.98. The van der Waals surface area contributed by atoms with Gasteiger partial charge in [0.25, 0.3) is 0 Å². The Morgan fingerprint density at radius 2 is 1.89 bits per heavy atom. The fraction of sp³-hybridized carbons (Fsp3) is 0.385. The number of carbonyl (C=O) groups is 2. The SMILES string of the molecule is CC[C@@H](C)[C@H](NC(N)=O)C(=O)Nc1ccc(Cl)cc1. The molecule has 19 heavy (non-hydrogen) atoms. The number of halogens is 1. The van der Waals surface area contributed by atoms with Crippen molar-refractivity contribution in [3.05, 3.63) is 29.3 Å². The number of anilines is 1. The maximum Gasteiger partial charge on any atom is 0.312 e. The van der Waals surface area contributed by atoms with Crippen LogP contribution >= 0.6 is 11.6 Å². The molecule has 0 spiro atoms. The Morgan fingerprint density at radius 1 is 1.32 bits per heavy atom. The van der Waals surface area contributed by atoms with Crippen LogP contribution in [0.4, 0.5) is 10.5 Å². The Bertz CT molecular complexity index is 448. The number of hydrogen-bond donors (Lipinski definition) is 3. The first-order valence-electron chi connectivity index (χ1n) is 6.06. The molecule has 0 radical (unpaired) electrons. The van der Waals surface area contributed by atoms with E-state index in [1.807, 2.05) is 13.8 Å². The molecule has 0 heterocycles. The van der Waals surface area contributed by atoms with Crippen LogP contribution in [0.25, 0.3) is 0 Å². The van der Waals surface area contributed by atoms with Gasteiger partial charge in [0.15, 0.2) is 0 Å². The van der Waals surface area contributed by atoms with Gasteiger partial charge in [-0.2, -0.15) is 0 Å². The Hall–Kier alpha value is -1.75. The summed E-state index contributed by atoms with van der Waals surface area (Å²) in [6.45, 7) is 3.82. The van der Waals surface area contributed by atoms with Gasteiger partial charge >= 0.3 is 6.03 Å². The van der Waals surface area contributed by atoms with Gasteiger partial charge in [0.05, 0.1) is 0 Å². The van der Waals surface area contributed by atoms with Gasteiger partial charge in [0.2, 0.25) is 5.91 Å². The van der Waals surface area contributed by atoms with E-state index < -0.39 is 12.1 Å². The number of carbonyl (C=O) groups excluding carboxylic acids is 2. The molecule has 0 aliphatic heterocycles. The summed E-state index contributed by atoms with van der Waals surface area (Å²) >= 11 is 5.77. The van der Waals surface area contributed by atoms with Crippen molar-refractivity contribution in [1.82, 2.24) is 5.32 Å². The van der Waals surface area contributed by atoms with Crippen LogP contribution < -0.4 is 16.4 Å². The summed E-state index contributed by atoms with van der Waals surface area (Å²) in [5.41, 5.74) is 5.71. The van der Waals surface area contributed by atoms with E-state index in [1.54, 1.807) is 24.3 Å². The summed E-state index contributed by atoms with van der Waals surface area (Å²) in [4.78, 5) is 23.1. The van der Waals surface area contributed by atoms with Crippen LogP contribution in [0.5, 0.6) is 0 Å². The molecule has 5 nitrogen and oxygen atoms in total. The van der Waals surface area contributed by atoms with Crippen molar-refractivity contribution in [3.8, 4) is 0 Å². The third kappa shape index (κ3) is 4.79. The van der Waals surface area contributed by atoms with E-state index in [4.69, 9.17) is 17.3 Å². The number of nitrogens with two attached hydrogens (primary N) is 1. The fourth-order valence-electron chi connectivity index (χ4n) is 1.61. The van der Waals surface area contributed by atoms with Crippen molar-refractivity contribution < 1.29 is 9.59 Å². The molecule has 3 amide bonds. The first-order valence-corrected chi connectivity index (χ1v) is 6.44. The first kappa shape index (κ1) is 15.3. The third-order valence-electron chi connectivity index (χ3n) is 2.90. The number of rotatable bonds is 5. The molecule has 2 atom stereocenters. The second kappa shape index (κ2) is 6.99. The largest absolute Gasteiger partial charge is 0.352 e. The molecule has 104 valence electrons. The van der Waals surface area contributed by atoms with E-state index in [0.717, 1.165) is 6.42 Å². The molecular formula is C13H18ClN3O2. The molecular weight excluding hydrogens is 266 g/mol. The average Bonchev–Trinajstić information content (AvgIpc) is 2.37. The van der Waals surface area contributed by atoms with Crippen LogP contribution in [0.1, 0.15) is 20.3 Å². The van der Waals surface area contributed by atoms with E-state index in [9.17, 15) is 9.59 Å². The Morgan fingerprint density at radius 3 is 2.37 bits per heavy atom. The molecule has 0 aromatic heterocycles. The van der Waals surface area contributed by atoms with Crippen LogP contribution in [0.2, 0.25) is 5.02 Å². The minimum atomic E-state index is -0.712. The number of benzene rings is 1. The molecule has 6 heteroatoms. The molecule has 0 bridgehead atoms. The number of amides is 3. The lowest BCUT2D eigenvalue weighted by Gasteiger charge is -2.22. The third-order valence-corrected chi connectivity index (χ3v) is 3.16. The Kier molecular flexibility index (Phi) is 5.63. The van der Waals surface area contributed by atoms with Crippen molar-refractivity contribution in [2.24, 2.45) is 11.7 Å². The van der Waals surface area contributed by atoms with Gasteiger partial charge in [-0.25, -0.2) is 4.79 Å². The molecule has 0 aliphatic carbocycles. The smallest absolute Gasteiger partial charge is 0.312 e. The highest BCUT2D eigenvalue weighted by molar-refractivity contribution is 6.30. The van der Waals surface area contributed by atoms with Crippen LogP contribution in [0.15, 0.2) is 24.3 Å². The predicted octanol–water partition coefficient (Wildman–Crippen LogP) is 2.36. The van der Waals surface area contributed by atoms with Crippen LogP contribution in [-0.4, -0.2) is 18.0 Å². The normalized spacial score (nSPS) is 13.4. The number of urea groups is 1. The molecule has 0 saturated carbocycles. The lowest BCUT2D eigenvalue weighted by Crippen LogP contribution is -2.49. The summed E-state index contributed by atoms with van der Waals surface area (Å²) in [5, 5.41) is 5.77. The maximum atomic E-state index is 12.1. The highest BCUT2D eigenvalue weighted by Crippen LogP contribution is 2.15. The van der Waals surface area contributed by atoms with Gasteiger partial charge in [0.1, 0.15) is 6.04 Å². The lowest BCUT2D eigenvalue weighted by molar-refractivity contribution is -0.119. The monoisotopic (exact) mass is 283 g/mol. The highest BCUT2D eigenvalue weighted by atomic mass is 35.5. The molecule has 1 rings (SSSR count). The Balaban J connectivity index is 2.76. The van der Waals surface area contributed by atoms with Crippen LogP contribution in [0, 0.1) is 5.92 Å². The van der Waals surface area contributed by atoms with Gasteiger partial charge in [-0.05, 0) is 30.2 Å². The van der Waals surface area contributed by atoms with Crippen molar-refractivity contribution >= 4 is 29.2 Å². The summed E-state index contributed by atoms with van der Waals surface area (Å²) in [6.07, 6.45) is 0.749. The number of primary amides is 1. The van der Waals surface area contributed by atoms with Crippen molar-refractivity contribution in [1.29, 1.82) is 0 Å². The fourth-order valence-corrected chi connectivity index (χ4v) is 1.73. The number of nitrogens with one attached hydrogen (secondary N) is 2. The zero-order chi connectivity index (χ0) is 14.4. The van der Waals surface area contributed by atoms with Crippen molar-refractivity contribution in [2.75, 3.05) is 5.32 Å². The van der Waals surface area contributed by atoms with Crippen LogP contribution in [-0.2, 0) is 4.79 Å². The van der Waals surface area contributed by atoms with Gasteiger partial charge in [-0.3, -0.25) is 4.79 Å². The zero-order valence-corrected chi connectivity index (χ0v) is 11.7. The van der Waals surface area contributed by atoms with Crippen molar-refractivity contribution in [3.63, 3.8) is 0 Å². The second-order valence-corrected chi connectivity index (χ2v) is 4.80. The minimum absolute atomic E-state index is 0.0141. The van der Waals surface area contributed by atoms with E-state index in [2.05, 4.69) is 10.6 Å². The van der Waals surface area contributed by atoms with Crippen LogP contribution in [0.3, 0.4) is 0 Å². The molecule has 1 aromatic rings. The Labute approximate surface area is 117 Å². The maximum absolute atomic E-state index is 12.1. The molecule has 0 saturated heterocycles. The molecule has 0 fully saturated rings. The summed E-state index contributed by atoms with van der Waals surface area (Å²) in [6, 6.07) is 5.37. The zero-order valence-electron chi connectivity index (χ0n) is 10.9. The quantitative estimate of drug-likeness (QED) is 0.775. The predicted molar refractivity (Wildman–Crippen MR) is 76.0 cm³/mol. The topological polar surface area (TPSA) is 84.2 Å². The van der Waals surface area contributed by atoms with Gasteiger partial charge in [-0.1, -0.05) is 31.9 Å². The second-order valence-electron chi connectivity index (χ2n) is 4.37. The minimum Gasteiger partial charge on any atom is -0.352 e. The summed E-state index contributed by atoms with van der Waals surface area (Å²) in [5.74, 6) is -0.310. The van der Waals surface area contributed by atoms with E-state index in [0.29, 0.717) is 10.7 Å². The van der Waals surface area contributed by atoms with Gasteiger partial charge < -0.3 is 16.4 Å². The molecule has 0 aliphatic rings. The van der Waals surface area contributed by atoms with Gasteiger partial charge in [0, 0.05) is 10.7 Å². The first-order chi connectivity index (χ1) is 8.93. The van der Waals surface area contributed by atoms with Gasteiger partial charge in [-0.15, -0.1) is 0 Å². The summed E-state index contributed by atoms with van der Waals surface area (Å²) < 4.78 is 0. The highest BCUT2D eigenvalue weighted by Gasteiger charge is 2.25. The van der Waals surface area contributed by atoms with Crippen molar-refractivity contribution in [2.45, 2.75) is 26.3 Å². The summed E-state index contributed by atoms with van der Waals surface area (Å²) in [7, 11) is 0. The van der Waals surface area contributed by atoms with E-state index in [1.165, 1.54) is 0 Å². The molecule has 1 aromatic carbocycles. The van der Waals surface area contributed by atoms with E-state index >= 15 is 0 Å².